The molecule has 1 heterocycles. The maximum atomic E-state index is 13.9. The number of thiophene rings is 1. The molecule has 1 unspecified atom stereocenters. The number of aliphatic hydroxyl groups is 1. The van der Waals surface area contributed by atoms with Crippen molar-refractivity contribution in [2.24, 2.45) is 0 Å². The van der Waals surface area contributed by atoms with Gasteiger partial charge in [-0.2, -0.15) is 0 Å². The molecule has 0 aliphatic rings. The third-order valence-corrected chi connectivity index (χ3v) is 4.54. The molecule has 0 radical (unpaired) electrons. The predicted octanol–water partition coefficient (Wildman–Crippen LogP) is 4.88. The number of rotatable bonds is 2. The molecule has 0 spiro atoms. The Morgan fingerprint density at radius 3 is 2.68 bits per heavy atom. The minimum Gasteiger partial charge on any atom is -0.383 e. The van der Waals surface area contributed by atoms with Crippen molar-refractivity contribution >= 4 is 37.4 Å². The van der Waals surface area contributed by atoms with Gasteiger partial charge in [-0.15, -0.1) is 11.3 Å². The van der Waals surface area contributed by atoms with E-state index in [0.717, 1.165) is 15.6 Å². The van der Waals surface area contributed by atoms with E-state index in [2.05, 4.69) is 15.9 Å². The van der Waals surface area contributed by atoms with Gasteiger partial charge < -0.3 is 5.11 Å². The largest absolute Gasteiger partial charge is 0.383 e. The average Bonchev–Trinajstić information content (AvgIpc) is 2.82. The molecule has 0 aliphatic heterocycles. The van der Waals surface area contributed by atoms with Crippen molar-refractivity contribution < 1.29 is 9.50 Å². The van der Waals surface area contributed by atoms with Gasteiger partial charge in [-0.05, 0) is 29.0 Å². The fraction of sp³-hybridized carbons (Fsp3) is 0.0667. The van der Waals surface area contributed by atoms with Crippen LogP contribution >= 0.6 is 27.3 Å². The van der Waals surface area contributed by atoms with Crippen molar-refractivity contribution in [3.63, 3.8) is 0 Å². The molecule has 0 bridgehead atoms. The molecule has 2 aromatic carbocycles. The topological polar surface area (TPSA) is 20.2 Å². The van der Waals surface area contributed by atoms with Crippen LogP contribution in [0.15, 0.2) is 52.3 Å². The van der Waals surface area contributed by atoms with E-state index in [0.29, 0.717) is 10.0 Å². The van der Waals surface area contributed by atoms with E-state index < -0.39 is 11.9 Å². The summed E-state index contributed by atoms with van der Waals surface area (Å²) in [5.41, 5.74) is 1.05. The first-order chi connectivity index (χ1) is 9.16. The molecular formula is C15H10BrFOS. The molecule has 1 aromatic heterocycles. The molecule has 1 nitrogen and oxygen atoms in total. The molecule has 19 heavy (non-hydrogen) atoms. The molecule has 0 amide bonds. The highest BCUT2D eigenvalue weighted by atomic mass is 79.9. The highest BCUT2D eigenvalue weighted by Crippen LogP contribution is 2.34. The number of hydrogen-bond acceptors (Lipinski definition) is 2. The van der Waals surface area contributed by atoms with Crippen LogP contribution in [-0.4, -0.2) is 5.11 Å². The van der Waals surface area contributed by atoms with Gasteiger partial charge in [0.05, 0.1) is 0 Å². The number of halogens is 2. The molecule has 3 aromatic rings. The quantitative estimate of drug-likeness (QED) is 0.706. The summed E-state index contributed by atoms with van der Waals surface area (Å²) < 4.78 is 15.7. The lowest BCUT2D eigenvalue weighted by molar-refractivity contribution is 0.217. The SMILES string of the molecule is OC(c1ccc(Br)cc1F)c1csc2ccccc12. The monoisotopic (exact) mass is 336 g/mol. The third kappa shape index (κ3) is 2.31. The molecule has 0 aliphatic carbocycles. The maximum Gasteiger partial charge on any atom is 0.130 e. The highest BCUT2D eigenvalue weighted by Gasteiger charge is 2.18. The number of aliphatic hydroxyl groups excluding tert-OH is 1. The van der Waals surface area contributed by atoms with Gasteiger partial charge in [0, 0.05) is 20.3 Å². The van der Waals surface area contributed by atoms with Crippen LogP contribution in [-0.2, 0) is 0 Å². The van der Waals surface area contributed by atoms with Crippen molar-refractivity contribution in [2.45, 2.75) is 6.10 Å². The summed E-state index contributed by atoms with van der Waals surface area (Å²) in [6, 6.07) is 12.5. The fourth-order valence-corrected chi connectivity index (χ4v) is 3.41. The van der Waals surface area contributed by atoms with Crippen LogP contribution in [0.5, 0.6) is 0 Å². The lowest BCUT2D eigenvalue weighted by Gasteiger charge is -2.11. The summed E-state index contributed by atoms with van der Waals surface area (Å²) in [4.78, 5) is 0. The van der Waals surface area contributed by atoms with Gasteiger partial charge in [0.15, 0.2) is 0 Å². The first kappa shape index (κ1) is 12.8. The van der Waals surface area contributed by atoms with Gasteiger partial charge in [0.25, 0.3) is 0 Å². The van der Waals surface area contributed by atoms with Gasteiger partial charge in [-0.25, -0.2) is 4.39 Å². The van der Waals surface area contributed by atoms with Crippen molar-refractivity contribution in [3.05, 3.63) is 69.3 Å². The molecule has 0 saturated heterocycles. The average molecular weight is 337 g/mol. The van der Waals surface area contributed by atoms with E-state index in [4.69, 9.17) is 0 Å². The minimum atomic E-state index is -0.941. The Kier molecular flexibility index (Phi) is 3.39. The molecular weight excluding hydrogens is 327 g/mol. The van der Waals surface area contributed by atoms with Crippen molar-refractivity contribution in [2.75, 3.05) is 0 Å². The summed E-state index contributed by atoms with van der Waals surface area (Å²) in [6.45, 7) is 0. The van der Waals surface area contributed by atoms with Crippen LogP contribution in [0.3, 0.4) is 0 Å². The van der Waals surface area contributed by atoms with Gasteiger partial charge in [0.2, 0.25) is 0 Å². The van der Waals surface area contributed by atoms with Crippen LogP contribution < -0.4 is 0 Å². The summed E-state index contributed by atoms with van der Waals surface area (Å²) >= 11 is 4.77. The zero-order valence-corrected chi connectivity index (χ0v) is 12.2. The van der Waals surface area contributed by atoms with Gasteiger partial charge in [0.1, 0.15) is 11.9 Å². The highest BCUT2D eigenvalue weighted by molar-refractivity contribution is 9.10. The number of benzene rings is 2. The molecule has 96 valence electrons. The first-order valence-electron chi connectivity index (χ1n) is 5.76. The van der Waals surface area contributed by atoms with Crippen molar-refractivity contribution in [1.29, 1.82) is 0 Å². The van der Waals surface area contributed by atoms with E-state index in [1.54, 1.807) is 23.5 Å². The molecule has 3 rings (SSSR count). The molecule has 1 atom stereocenters. The molecule has 4 heteroatoms. The minimum absolute atomic E-state index is 0.298. The van der Waals surface area contributed by atoms with Crippen LogP contribution in [0.4, 0.5) is 4.39 Å². The first-order valence-corrected chi connectivity index (χ1v) is 7.43. The lowest BCUT2D eigenvalue weighted by Crippen LogP contribution is -2.01. The van der Waals surface area contributed by atoms with E-state index in [1.807, 2.05) is 29.6 Å². The number of fused-ring (bicyclic) bond motifs is 1. The van der Waals surface area contributed by atoms with E-state index in [-0.39, 0.29) is 0 Å². The standard InChI is InChI=1S/C15H10BrFOS/c16-9-5-6-11(13(17)7-9)15(18)12-8-19-14-4-2-1-3-10(12)14/h1-8,15,18H. The van der Waals surface area contributed by atoms with E-state index >= 15 is 0 Å². The number of hydrogen-bond donors (Lipinski definition) is 1. The second kappa shape index (κ2) is 5.04. The summed E-state index contributed by atoms with van der Waals surface area (Å²) in [5, 5.41) is 13.3. The zero-order valence-electron chi connectivity index (χ0n) is 9.81. The summed E-state index contributed by atoms with van der Waals surface area (Å²) in [5.74, 6) is -0.405. The Labute approximate surface area is 122 Å². The Morgan fingerprint density at radius 1 is 1.11 bits per heavy atom. The van der Waals surface area contributed by atoms with Gasteiger partial charge in [-0.3, -0.25) is 0 Å². The van der Waals surface area contributed by atoms with Crippen LogP contribution in [0, 0.1) is 5.82 Å². The summed E-state index contributed by atoms with van der Waals surface area (Å²) in [6.07, 6.45) is -0.941. The van der Waals surface area contributed by atoms with Crippen LogP contribution in [0.25, 0.3) is 10.1 Å². The normalized spacial score (nSPS) is 12.8. The van der Waals surface area contributed by atoms with Crippen LogP contribution in [0.1, 0.15) is 17.2 Å². The molecule has 0 fully saturated rings. The fourth-order valence-electron chi connectivity index (χ4n) is 2.10. The predicted molar refractivity (Wildman–Crippen MR) is 80.0 cm³/mol. The Balaban J connectivity index is 2.10. The molecule has 1 N–H and O–H groups in total. The Bertz CT molecular complexity index is 738. The summed E-state index contributed by atoms with van der Waals surface area (Å²) in [7, 11) is 0. The Morgan fingerprint density at radius 2 is 1.89 bits per heavy atom. The third-order valence-electron chi connectivity index (χ3n) is 3.06. The zero-order chi connectivity index (χ0) is 13.4. The van der Waals surface area contributed by atoms with Crippen molar-refractivity contribution in [1.82, 2.24) is 0 Å². The Hall–Kier alpha value is -1.23. The van der Waals surface area contributed by atoms with Gasteiger partial charge >= 0.3 is 0 Å². The van der Waals surface area contributed by atoms with E-state index in [1.165, 1.54) is 6.07 Å². The lowest BCUT2D eigenvalue weighted by atomic mass is 10.0. The maximum absolute atomic E-state index is 13.9. The van der Waals surface area contributed by atoms with E-state index in [9.17, 15) is 9.50 Å². The van der Waals surface area contributed by atoms with Crippen molar-refractivity contribution in [3.8, 4) is 0 Å². The second-order valence-electron chi connectivity index (χ2n) is 4.26. The smallest absolute Gasteiger partial charge is 0.130 e. The van der Waals surface area contributed by atoms with Gasteiger partial charge in [-0.1, -0.05) is 40.2 Å². The molecule has 0 saturated carbocycles. The second-order valence-corrected chi connectivity index (χ2v) is 6.08. The van der Waals surface area contributed by atoms with Crippen LogP contribution in [0.2, 0.25) is 0 Å².